The average Bonchev–Trinajstić information content (AvgIpc) is 3.19. The fourth-order valence-electron chi connectivity index (χ4n) is 5.19. The van der Waals surface area contributed by atoms with Gasteiger partial charge in [0.25, 0.3) is 0 Å². The number of hydrogen-bond acceptors (Lipinski definition) is 3. The fraction of sp³-hybridized carbons (Fsp3) is 0.462. The number of amides is 1. The Morgan fingerprint density at radius 1 is 1.16 bits per heavy atom. The summed E-state index contributed by atoms with van der Waals surface area (Å²) in [5, 5.41) is 1.25. The first kappa shape index (κ1) is 20.3. The maximum Gasteiger partial charge on any atom is 0.225 e. The molecule has 0 aliphatic carbocycles. The number of aromatic nitrogens is 2. The van der Waals surface area contributed by atoms with Crippen LogP contribution in [-0.2, 0) is 9.53 Å². The summed E-state index contributed by atoms with van der Waals surface area (Å²) in [6.45, 7) is 4.56. The Morgan fingerprint density at radius 2 is 2.03 bits per heavy atom. The van der Waals surface area contributed by atoms with Crippen molar-refractivity contribution in [3.05, 3.63) is 54.0 Å². The summed E-state index contributed by atoms with van der Waals surface area (Å²) >= 11 is 0. The molecule has 0 bridgehead atoms. The maximum absolute atomic E-state index is 13.0. The molecule has 0 unspecified atom stereocenters. The van der Waals surface area contributed by atoms with Crippen LogP contribution in [0.15, 0.2) is 42.7 Å². The highest BCUT2D eigenvalue weighted by atomic mass is 16.5. The van der Waals surface area contributed by atoms with E-state index in [0.29, 0.717) is 12.3 Å². The smallest absolute Gasteiger partial charge is 0.225 e. The quantitative estimate of drug-likeness (QED) is 0.634. The molecule has 0 saturated carbocycles. The first-order chi connectivity index (χ1) is 15.2. The van der Waals surface area contributed by atoms with Crippen LogP contribution in [0.25, 0.3) is 22.0 Å². The number of hydrogen-bond donors (Lipinski definition) is 1. The highest BCUT2D eigenvalue weighted by Gasteiger charge is 2.30. The molecule has 3 aromatic rings. The normalized spacial score (nSPS) is 22.0. The lowest BCUT2D eigenvalue weighted by Gasteiger charge is -2.34. The van der Waals surface area contributed by atoms with Gasteiger partial charge in [-0.15, -0.1) is 0 Å². The molecule has 1 N–H and O–H groups in total. The summed E-state index contributed by atoms with van der Waals surface area (Å²) in [7, 11) is 0. The lowest BCUT2D eigenvalue weighted by molar-refractivity contribution is -0.136. The molecule has 2 aliphatic heterocycles. The summed E-state index contributed by atoms with van der Waals surface area (Å²) in [6, 6.07) is 10.8. The number of nitrogens with one attached hydrogen (secondary N) is 1. The van der Waals surface area contributed by atoms with Gasteiger partial charge < -0.3 is 14.6 Å². The molecule has 2 fully saturated rings. The lowest BCUT2D eigenvalue weighted by Crippen LogP contribution is -2.41. The first-order valence-electron chi connectivity index (χ1n) is 11.6. The van der Waals surface area contributed by atoms with Crippen LogP contribution in [0.3, 0.4) is 0 Å². The number of piperidine rings is 1. The molecule has 2 aliphatic rings. The van der Waals surface area contributed by atoms with E-state index in [4.69, 9.17) is 4.74 Å². The maximum atomic E-state index is 13.0. The number of rotatable bonds is 4. The minimum absolute atomic E-state index is 0.102. The molecular formula is C26H31N3O2. The van der Waals surface area contributed by atoms with Crippen molar-refractivity contribution in [2.24, 2.45) is 0 Å². The van der Waals surface area contributed by atoms with Gasteiger partial charge in [-0.25, -0.2) is 0 Å². The van der Waals surface area contributed by atoms with Crippen LogP contribution in [0, 0.1) is 6.92 Å². The second-order valence-electron chi connectivity index (χ2n) is 9.07. The van der Waals surface area contributed by atoms with Crippen LogP contribution < -0.4 is 0 Å². The van der Waals surface area contributed by atoms with Crippen LogP contribution in [0.5, 0.6) is 0 Å². The molecule has 2 atom stereocenters. The van der Waals surface area contributed by atoms with Gasteiger partial charge in [0, 0.05) is 60.2 Å². The SMILES string of the molecule is Cc1ccc2[nH]c([C@H]3CCCN(C(=O)C[C@H]4CCCCO4)C3)c(-c3ccncc3)c2c1. The number of fused-ring (bicyclic) bond motifs is 1. The van der Waals surface area contributed by atoms with Crippen molar-refractivity contribution in [2.45, 2.75) is 57.5 Å². The van der Waals surface area contributed by atoms with E-state index in [9.17, 15) is 4.79 Å². The molecule has 5 rings (SSSR count). The highest BCUT2D eigenvalue weighted by molar-refractivity contribution is 5.98. The van der Waals surface area contributed by atoms with Gasteiger partial charge in [0.15, 0.2) is 0 Å². The molecule has 2 aromatic heterocycles. The van der Waals surface area contributed by atoms with Crippen molar-refractivity contribution in [1.29, 1.82) is 0 Å². The Kier molecular flexibility index (Phi) is 5.77. The van der Waals surface area contributed by atoms with Gasteiger partial charge in [-0.2, -0.15) is 0 Å². The molecule has 1 aromatic carbocycles. The van der Waals surface area contributed by atoms with E-state index in [1.165, 1.54) is 34.2 Å². The van der Waals surface area contributed by atoms with E-state index < -0.39 is 0 Å². The number of carbonyl (C=O) groups excluding carboxylic acids is 1. The summed E-state index contributed by atoms with van der Waals surface area (Å²) in [5.74, 6) is 0.551. The van der Waals surface area contributed by atoms with Gasteiger partial charge in [0.05, 0.1) is 12.5 Å². The van der Waals surface area contributed by atoms with Gasteiger partial charge in [-0.3, -0.25) is 9.78 Å². The largest absolute Gasteiger partial charge is 0.378 e. The van der Waals surface area contributed by atoms with Gasteiger partial charge >= 0.3 is 0 Å². The Bertz CT molecular complexity index is 1050. The number of carbonyl (C=O) groups is 1. The Balaban J connectivity index is 1.44. The number of pyridine rings is 1. The van der Waals surface area contributed by atoms with E-state index in [1.807, 2.05) is 12.4 Å². The molecule has 31 heavy (non-hydrogen) atoms. The van der Waals surface area contributed by atoms with E-state index in [1.54, 1.807) is 0 Å². The average molecular weight is 418 g/mol. The predicted molar refractivity (Wildman–Crippen MR) is 123 cm³/mol. The third-order valence-electron chi connectivity index (χ3n) is 6.81. The van der Waals surface area contributed by atoms with E-state index >= 15 is 0 Å². The van der Waals surface area contributed by atoms with Crippen molar-refractivity contribution in [1.82, 2.24) is 14.9 Å². The van der Waals surface area contributed by atoms with Gasteiger partial charge in [0.1, 0.15) is 0 Å². The van der Waals surface area contributed by atoms with Crippen LogP contribution >= 0.6 is 0 Å². The second kappa shape index (κ2) is 8.83. The summed E-state index contributed by atoms with van der Waals surface area (Å²) < 4.78 is 5.82. The Labute approximate surface area is 183 Å². The molecule has 0 radical (unpaired) electrons. The molecule has 0 spiro atoms. The molecule has 5 nitrogen and oxygen atoms in total. The Hall–Kier alpha value is -2.66. The monoisotopic (exact) mass is 417 g/mol. The van der Waals surface area contributed by atoms with Crippen molar-refractivity contribution < 1.29 is 9.53 Å². The number of nitrogens with zero attached hydrogens (tertiary/aromatic N) is 2. The molecule has 1 amide bonds. The summed E-state index contributed by atoms with van der Waals surface area (Å²) in [5.41, 5.74) is 6.10. The topological polar surface area (TPSA) is 58.2 Å². The third-order valence-corrected chi connectivity index (χ3v) is 6.81. The zero-order valence-corrected chi connectivity index (χ0v) is 18.3. The minimum atomic E-state index is 0.102. The molecule has 5 heteroatoms. The second-order valence-corrected chi connectivity index (χ2v) is 9.07. The van der Waals surface area contributed by atoms with Gasteiger partial charge in [-0.1, -0.05) is 11.6 Å². The number of ether oxygens (including phenoxy) is 1. The van der Waals surface area contributed by atoms with Crippen LogP contribution in [0.4, 0.5) is 0 Å². The van der Waals surface area contributed by atoms with Gasteiger partial charge in [-0.05, 0) is 68.9 Å². The molecular weight excluding hydrogens is 386 g/mol. The number of likely N-dealkylation sites (tertiary alicyclic amines) is 1. The minimum Gasteiger partial charge on any atom is -0.378 e. The van der Waals surface area contributed by atoms with Crippen LogP contribution in [0.2, 0.25) is 0 Å². The zero-order valence-electron chi connectivity index (χ0n) is 18.3. The van der Waals surface area contributed by atoms with E-state index in [0.717, 1.165) is 50.9 Å². The van der Waals surface area contributed by atoms with Crippen molar-refractivity contribution in [2.75, 3.05) is 19.7 Å². The fourth-order valence-corrected chi connectivity index (χ4v) is 5.19. The standard InChI is InChI=1S/C26H31N3O2/c1-18-7-8-23-22(15-18)25(19-9-11-27-12-10-19)26(28-23)20-5-4-13-29(17-20)24(30)16-21-6-2-3-14-31-21/h7-12,15,20-21,28H,2-6,13-14,16-17H2,1H3/t20-,21+/m0/s1. The number of benzene rings is 1. The van der Waals surface area contributed by atoms with Crippen molar-refractivity contribution in [3.63, 3.8) is 0 Å². The van der Waals surface area contributed by atoms with Crippen molar-refractivity contribution in [3.8, 4) is 11.1 Å². The van der Waals surface area contributed by atoms with E-state index in [2.05, 4.69) is 52.1 Å². The third kappa shape index (κ3) is 4.24. The van der Waals surface area contributed by atoms with Gasteiger partial charge in [0.2, 0.25) is 5.91 Å². The number of aryl methyl sites for hydroxylation is 1. The van der Waals surface area contributed by atoms with E-state index in [-0.39, 0.29) is 12.0 Å². The zero-order chi connectivity index (χ0) is 21.2. The first-order valence-corrected chi connectivity index (χ1v) is 11.6. The summed E-state index contributed by atoms with van der Waals surface area (Å²) in [4.78, 5) is 23.0. The Morgan fingerprint density at radius 3 is 2.84 bits per heavy atom. The van der Waals surface area contributed by atoms with Crippen LogP contribution in [-0.4, -0.2) is 46.6 Å². The highest BCUT2D eigenvalue weighted by Crippen LogP contribution is 2.39. The molecule has 162 valence electrons. The lowest BCUT2D eigenvalue weighted by atomic mass is 9.89. The molecule has 2 saturated heterocycles. The predicted octanol–water partition coefficient (Wildman–Crippen LogP) is 5.20. The number of H-pyrrole nitrogens is 1. The number of aromatic amines is 1. The van der Waals surface area contributed by atoms with Crippen molar-refractivity contribution >= 4 is 16.8 Å². The van der Waals surface area contributed by atoms with Crippen LogP contribution in [0.1, 0.15) is 55.7 Å². The molecule has 4 heterocycles. The summed E-state index contributed by atoms with van der Waals surface area (Å²) in [6.07, 6.45) is 9.76.